The lowest BCUT2D eigenvalue weighted by molar-refractivity contribution is -0.111. The fraction of sp³-hybridized carbons (Fsp3) is 0.174. The van der Waals surface area contributed by atoms with Crippen molar-refractivity contribution in [3.05, 3.63) is 78.0 Å². The van der Waals surface area contributed by atoms with E-state index in [1.807, 2.05) is 44.2 Å². The summed E-state index contributed by atoms with van der Waals surface area (Å²) in [6.45, 7) is 5.18. The fourth-order valence-corrected chi connectivity index (χ4v) is 3.04. The number of rotatable bonds is 6. The van der Waals surface area contributed by atoms with Crippen molar-refractivity contribution in [2.24, 2.45) is 0 Å². The molecule has 0 spiro atoms. The highest BCUT2D eigenvalue weighted by atomic mass is 16.2. The summed E-state index contributed by atoms with van der Waals surface area (Å²) < 4.78 is 0. The summed E-state index contributed by atoms with van der Waals surface area (Å²) >= 11 is 0. The second-order valence-electron chi connectivity index (χ2n) is 6.30. The Morgan fingerprint density at radius 3 is 2.57 bits per heavy atom. The topological polar surface area (TPSA) is 62.3 Å². The van der Waals surface area contributed by atoms with Gasteiger partial charge in [-0.15, -0.1) is 0 Å². The number of para-hydroxylation sites is 1. The Hall–Kier alpha value is -3.47. The number of anilines is 1. The van der Waals surface area contributed by atoms with Crippen LogP contribution in [0.1, 0.15) is 29.8 Å². The molecule has 142 valence electrons. The van der Waals surface area contributed by atoms with Gasteiger partial charge in [0.25, 0.3) is 5.91 Å². The van der Waals surface area contributed by atoms with Gasteiger partial charge in [0, 0.05) is 47.6 Å². The maximum atomic E-state index is 12.5. The van der Waals surface area contributed by atoms with Gasteiger partial charge in [0.15, 0.2) is 0 Å². The van der Waals surface area contributed by atoms with Crippen molar-refractivity contribution in [2.45, 2.75) is 13.8 Å². The molecule has 0 unspecified atom stereocenters. The molecule has 1 N–H and O–H groups in total. The molecule has 0 bridgehead atoms. The second-order valence-corrected chi connectivity index (χ2v) is 6.30. The zero-order valence-corrected chi connectivity index (χ0v) is 16.1. The minimum atomic E-state index is -0.264. The highest BCUT2D eigenvalue weighted by Crippen LogP contribution is 2.17. The molecule has 0 fully saturated rings. The van der Waals surface area contributed by atoms with Crippen LogP contribution in [0.4, 0.5) is 5.69 Å². The average molecular weight is 373 g/mol. The molecule has 5 nitrogen and oxygen atoms in total. The van der Waals surface area contributed by atoms with E-state index in [4.69, 9.17) is 0 Å². The van der Waals surface area contributed by atoms with Crippen molar-refractivity contribution < 1.29 is 9.59 Å². The Labute approximate surface area is 164 Å². The number of nitrogens with zero attached hydrogens (tertiary/aromatic N) is 2. The molecule has 5 heteroatoms. The number of nitrogens with one attached hydrogen (secondary N) is 1. The molecule has 1 aromatic heterocycles. The number of pyridine rings is 1. The molecule has 0 aliphatic heterocycles. The lowest BCUT2D eigenvalue weighted by Gasteiger charge is -2.18. The number of amides is 2. The van der Waals surface area contributed by atoms with Gasteiger partial charge in [0.05, 0.1) is 5.52 Å². The number of benzene rings is 2. The minimum Gasteiger partial charge on any atom is -0.339 e. The maximum absolute atomic E-state index is 12.5. The molecule has 0 aliphatic carbocycles. The summed E-state index contributed by atoms with van der Waals surface area (Å²) in [4.78, 5) is 30.9. The molecular formula is C23H23N3O2. The lowest BCUT2D eigenvalue weighted by Crippen LogP contribution is -2.30. The van der Waals surface area contributed by atoms with Gasteiger partial charge in [-0.05, 0) is 44.2 Å². The molecule has 0 radical (unpaired) electrons. The Bertz CT molecular complexity index is 1020. The smallest absolute Gasteiger partial charge is 0.253 e. The van der Waals surface area contributed by atoms with Gasteiger partial charge < -0.3 is 10.2 Å². The average Bonchev–Trinajstić information content (AvgIpc) is 2.73. The number of hydrogen-bond acceptors (Lipinski definition) is 3. The number of carbonyl (C=O) groups is 2. The SMILES string of the molecule is CCN(CC)C(=O)c1cccc(NC(=O)/C=C/c2cccc3cccnc23)c1. The van der Waals surface area contributed by atoms with Crippen molar-refractivity contribution >= 4 is 34.5 Å². The van der Waals surface area contributed by atoms with Gasteiger partial charge in [-0.3, -0.25) is 14.6 Å². The standard InChI is InChI=1S/C23H23N3O2/c1-3-26(4-2)23(28)19-10-6-12-20(16-19)25-21(27)14-13-18-9-5-8-17-11-7-15-24-22(17)18/h5-16H,3-4H2,1-2H3,(H,25,27)/b14-13+. The third-order valence-electron chi connectivity index (χ3n) is 4.51. The summed E-state index contributed by atoms with van der Waals surface area (Å²) in [5.41, 5.74) is 2.87. The third-order valence-corrected chi connectivity index (χ3v) is 4.51. The van der Waals surface area contributed by atoms with E-state index in [0.717, 1.165) is 16.5 Å². The summed E-state index contributed by atoms with van der Waals surface area (Å²) in [5, 5.41) is 3.83. The van der Waals surface area contributed by atoms with Crippen LogP contribution >= 0.6 is 0 Å². The van der Waals surface area contributed by atoms with E-state index in [0.29, 0.717) is 24.3 Å². The maximum Gasteiger partial charge on any atom is 0.253 e. The monoisotopic (exact) mass is 373 g/mol. The Kier molecular flexibility index (Phi) is 6.17. The van der Waals surface area contributed by atoms with E-state index < -0.39 is 0 Å². The Morgan fingerprint density at radius 1 is 1.04 bits per heavy atom. The summed E-state index contributed by atoms with van der Waals surface area (Å²) in [6, 6.07) is 16.7. The predicted molar refractivity (Wildman–Crippen MR) is 113 cm³/mol. The molecular weight excluding hydrogens is 350 g/mol. The largest absolute Gasteiger partial charge is 0.339 e. The predicted octanol–water partition coefficient (Wildman–Crippen LogP) is 4.37. The Balaban J connectivity index is 1.74. The van der Waals surface area contributed by atoms with Gasteiger partial charge in [0.1, 0.15) is 0 Å². The molecule has 3 aromatic rings. The number of fused-ring (bicyclic) bond motifs is 1. The van der Waals surface area contributed by atoms with Crippen LogP contribution in [0.2, 0.25) is 0 Å². The van der Waals surface area contributed by atoms with Crippen molar-refractivity contribution in [3.63, 3.8) is 0 Å². The van der Waals surface area contributed by atoms with Crippen LogP contribution < -0.4 is 5.32 Å². The zero-order valence-electron chi connectivity index (χ0n) is 16.1. The molecule has 28 heavy (non-hydrogen) atoms. The van der Waals surface area contributed by atoms with Gasteiger partial charge in [0.2, 0.25) is 5.91 Å². The first kappa shape index (κ1) is 19.3. The van der Waals surface area contributed by atoms with E-state index in [1.54, 1.807) is 41.4 Å². The minimum absolute atomic E-state index is 0.0431. The zero-order chi connectivity index (χ0) is 19.9. The highest BCUT2D eigenvalue weighted by molar-refractivity contribution is 6.04. The summed E-state index contributed by atoms with van der Waals surface area (Å²) in [7, 11) is 0. The van der Waals surface area contributed by atoms with Crippen molar-refractivity contribution in [1.29, 1.82) is 0 Å². The molecule has 1 heterocycles. The quantitative estimate of drug-likeness (QED) is 0.653. The van der Waals surface area contributed by atoms with E-state index in [-0.39, 0.29) is 11.8 Å². The van der Waals surface area contributed by atoms with Crippen LogP contribution in [-0.2, 0) is 4.79 Å². The van der Waals surface area contributed by atoms with Gasteiger partial charge in [-0.2, -0.15) is 0 Å². The van der Waals surface area contributed by atoms with Gasteiger partial charge in [-0.25, -0.2) is 0 Å². The normalized spacial score (nSPS) is 10.9. The van der Waals surface area contributed by atoms with Crippen LogP contribution in [0.15, 0.2) is 66.9 Å². The highest BCUT2D eigenvalue weighted by Gasteiger charge is 2.12. The van der Waals surface area contributed by atoms with E-state index in [9.17, 15) is 9.59 Å². The first-order chi connectivity index (χ1) is 13.6. The van der Waals surface area contributed by atoms with Gasteiger partial charge in [-0.1, -0.05) is 30.3 Å². The molecule has 0 saturated heterocycles. The first-order valence-corrected chi connectivity index (χ1v) is 9.34. The van der Waals surface area contributed by atoms with Crippen molar-refractivity contribution in [3.8, 4) is 0 Å². The Morgan fingerprint density at radius 2 is 1.79 bits per heavy atom. The van der Waals surface area contributed by atoms with Gasteiger partial charge >= 0.3 is 0 Å². The number of carbonyl (C=O) groups excluding carboxylic acids is 2. The van der Waals surface area contributed by atoms with E-state index >= 15 is 0 Å². The van der Waals surface area contributed by atoms with Crippen molar-refractivity contribution in [1.82, 2.24) is 9.88 Å². The van der Waals surface area contributed by atoms with Crippen LogP contribution in [0, 0.1) is 0 Å². The van der Waals surface area contributed by atoms with E-state index in [2.05, 4.69) is 10.3 Å². The molecule has 0 atom stereocenters. The molecule has 0 aliphatic rings. The number of aromatic nitrogens is 1. The molecule has 3 rings (SSSR count). The lowest BCUT2D eigenvalue weighted by atomic mass is 10.1. The molecule has 2 amide bonds. The molecule has 2 aromatic carbocycles. The van der Waals surface area contributed by atoms with Crippen molar-refractivity contribution in [2.75, 3.05) is 18.4 Å². The van der Waals surface area contributed by atoms with Crippen LogP contribution in [0.5, 0.6) is 0 Å². The van der Waals surface area contributed by atoms with Crippen LogP contribution in [0.3, 0.4) is 0 Å². The first-order valence-electron chi connectivity index (χ1n) is 9.34. The van der Waals surface area contributed by atoms with E-state index in [1.165, 1.54) is 6.08 Å². The molecule has 0 saturated carbocycles. The third kappa shape index (κ3) is 4.43. The number of hydrogen-bond donors (Lipinski definition) is 1. The summed E-state index contributed by atoms with van der Waals surface area (Å²) in [6.07, 6.45) is 4.95. The summed E-state index contributed by atoms with van der Waals surface area (Å²) in [5.74, 6) is -0.307. The van der Waals surface area contributed by atoms with Crippen LogP contribution in [-0.4, -0.2) is 34.8 Å². The van der Waals surface area contributed by atoms with Crippen LogP contribution in [0.25, 0.3) is 17.0 Å². The fourth-order valence-electron chi connectivity index (χ4n) is 3.04. The second kappa shape index (κ2) is 8.95.